The minimum Gasteiger partial charge on any atom is -0.378 e. The summed E-state index contributed by atoms with van der Waals surface area (Å²) in [6.45, 7) is 11.8. The lowest BCUT2D eigenvalue weighted by Gasteiger charge is -2.17. The molecule has 0 bridgehead atoms. The van der Waals surface area contributed by atoms with Gasteiger partial charge in [-0.15, -0.1) is 0 Å². The Hall–Kier alpha value is -0.340. The molecule has 0 aliphatic rings. The fraction of sp³-hybridized carbons (Fsp3) is 0.833. The summed E-state index contributed by atoms with van der Waals surface area (Å²) in [7, 11) is 0. The largest absolute Gasteiger partial charge is 0.378 e. The Morgan fingerprint density at radius 3 is 2.29 bits per heavy atom. The van der Waals surface area contributed by atoms with Crippen molar-refractivity contribution < 1.29 is 9.47 Å². The van der Waals surface area contributed by atoms with Crippen LogP contribution in [0.25, 0.3) is 0 Å². The molecule has 0 rings (SSSR count). The van der Waals surface area contributed by atoms with Gasteiger partial charge < -0.3 is 9.47 Å². The van der Waals surface area contributed by atoms with E-state index in [0.717, 1.165) is 13.0 Å². The van der Waals surface area contributed by atoms with Crippen LogP contribution >= 0.6 is 0 Å². The maximum Gasteiger partial charge on any atom is 0.0654 e. The summed E-state index contributed by atoms with van der Waals surface area (Å²) in [6.07, 6.45) is 5.45. The molecule has 0 aromatic heterocycles. The second kappa shape index (κ2) is 7.02. The fourth-order valence-electron chi connectivity index (χ4n) is 0.856. The molecule has 0 aliphatic heterocycles. The van der Waals surface area contributed by atoms with Crippen LogP contribution in [0, 0.1) is 0 Å². The maximum atomic E-state index is 5.53. The second-order valence-electron chi connectivity index (χ2n) is 4.60. The van der Waals surface area contributed by atoms with E-state index in [1.54, 1.807) is 0 Å². The molecule has 0 heterocycles. The van der Waals surface area contributed by atoms with Gasteiger partial charge in [0.2, 0.25) is 0 Å². The molecule has 2 nitrogen and oxygen atoms in total. The molecule has 0 N–H and O–H groups in total. The summed E-state index contributed by atoms with van der Waals surface area (Å²) in [5, 5.41) is 0. The Morgan fingerprint density at radius 2 is 1.79 bits per heavy atom. The summed E-state index contributed by atoms with van der Waals surface area (Å²) in [6, 6.07) is 0. The van der Waals surface area contributed by atoms with Crippen molar-refractivity contribution in [2.75, 3.05) is 13.2 Å². The molecule has 0 spiro atoms. The van der Waals surface area contributed by atoms with Crippen molar-refractivity contribution in [1.29, 1.82) is 0 Å². The van der Waals surface area contributed by atoms with Gasteiger partial charge in [0, 0.05) is 0 Å². The minimum absolute atomic E-state index is 0.0429. The maximum absolute atomic E-state index is 5.53. The van der Waals surface area contributed by atoms with E-state index in [4.69, 9.17) is 9.47 Å². The molecule has 0 atom stereocenters. The molecule has 0 amide bonds. The molecule has 14 heavy (non-hydrogen) atoms. The molecule has 84 valence electrons. The van der Waals surface area contributed by atoms with Crippen molar-refractivity contribution in [2.45, 2.75) is 52.7 Å². The van der Waals surface area contributed by atoms with E-state index < -0.39 is 0 Å². The molecule has 0 unspecified atom stereocenters. The number of ether oxygens (including phenoxy) is 2. The van der Waals surface area contributed by atoms with E-state index in [0.29, 0.717) is 12.7 Å². The van der Waals surface area contributed by atoms with Crippen LogP contribution in [-0.2, 0) is 9.47 Å². The van der Waals surface area contributed by atoms with Crippen molar-refractivity contribution in [1.82, 2.24) is 0 Å². The van der Waals surface area contributed by atoms with Crippen molar-refractivity contribution in [3.63, 3.8) is 0 Å². The van der Waals surface area contributed by atoms with E-state index in [-0.39, 0.29) is 5.60 Å². The van der Waals surface area contributed by atoms with E-state index in [1.807, 2.05) is 13.8 Å². The van der Waals surface area contributed by atoms with Crippen LogP contribution < -0.4 is 0 Å². The highest BCUT2D eigenvalue weighted by molar-refractivity contribution is 4.82. The highest BCUT2D eigenvalue weighted by atomic mass is 16.5. The van der Waals surface area contributed by atoms with E-state index in [9.17, 15) is 0 Å². The van der Waals surface area contributed by atoms with Gasteiger partial charge in [-0.3, -0.25) is 0 Å². The quantitative estimate of drug-likeness (QED) is 0.484. The SMILES string of the molecule is CC(C)OCC/C=C/COC(C)(C)C. The smallest absolute Gasteiger partial charge is 0.0654 e. The Bertz CT molecular complexity index is 154. The van der Waals surface area contributed by atoms with Gasteiger partial charge in [-0.05, 0) is 41.0 Å². The first-order valence-electron chi connectivity index (χ1n) is 5.32. The van der Waals surface area contributed by atoms with Crippen LogP contribution in [0.1, 0.15) is 41.0 Å². The van der Waals surface area contributed by atoms with Gasteiger partial charge in [0.05, 0.1) is 24.9 Å². The van der Waals surface area contributed by atoms with Crippen LogP contribution in [0.4, 0.5) is 0 Å². The molecule has 2 heteroatoms. The fourth-order valence-corrected chi connectivity index (χ4v) is 0.856. The Balaban J connectivity index is 3.29. The van der Waals surface area contributed by atoms with Crippen molar-refractivity contribution in [2.24, 2.45) is 0 Å². The van der Waals surface area contributed by atoms with E-state index in [1.165, 1.54) is 0 Å². The van der Waals surface area contributed by atoms with Crippen LogP contribution in [0.3, 0.4) is 0 Å². The number of hydrogen-bond donors (Lipinski definition) is 0. The van der Waals surface area contributed by atoms with Crippen LogP contribution in [0.5, 0.6) is 0 Å². The predicted octanol–water partition coefficient (Wildman–Crippen LogP) is 3.17. The van der Waals surface area contributed by atoms with Gasteiger partial charge >= 0.3 is 0 Å². The molecule has 0 aliphatic carbocycles. The van der Waals surface area contributed by atoms with Gasteiger partial charge in [0.25, 0.3) is 0 Å². The van der Waals surface area contributed by atoms with Crippen molar-refractivity contribution in [3.05, 3.63) is 12.2 Å². The van der Waals surface area contributed by atoms with Crippen LogP contribution in [0.2, 0.25) is 0 Å². The summed E-state index contributed by atoms with van der Waals surface area (Å²) in [5.41, 5.74) is -0.0429. The first-order valence-corrected chi connectivity index (χ1v) is 5.32. The zero-order chi connectivity index (χ0) is 11.0. The van der Waals surface area contributed by atoms with Crippen LogP contribution in [0.15, 0.2) is 12.2 Å². The van der Waals surface area contributed by atoms with Gasteiger partial charge in [-0.2, -0.15) is 0 Å². The third-order valence-corrected chi connectivity index (χ3v) is 1.51. The second-order valence-corrected chi connectivity index (χ2v) is 4.60. The average Bonchev–Trinajstić information content (AvgIpc) is 2.00. The highest BCUT2D eigenvalue weighted by Gasteiger charge is 2.07. The predicted molar refractivity (Wildman–Crippen MR) is 60.6 cm³/mol. The molecule has 0 aromatic carbocycles. The standard InChI is InChI=1S/C12H24O2/c1-11(2)13-9-7-6-8-10-14-12(3,4)5/h6,8,11H,7,9-10H2,1-5H3/b8-6+. The lowest BCUT2D eigenvalue weighted by molar-refractivity contribution is 0.0148. The van der Waals surface area contributed by atoms with Crippen molar-refractivity contribution in [3.8, 4) is 0 Å². The summed E-state index contributed by atoms with van der Waals surface area (Å²) in [4.78, 5) is 0. The third kappa shape index (κ3) is 11.7. The van der Waals surface area contributed by atoms with Crippen LogP contribution in [-0.4, -0.2) is 24.9 Å². The highest BCUT2D eigenvalue weighted by Crippen LogP contribution is 2.05. The third-order valence-electron chi connectivity index (χ3n) is 1.51. The van der Waals surface area contributed by atoms with E-state index >= 15 is 0 Å². The van der Waals surface area contributed by atoms with Crippen molar-refractivity contribution >= 4 is 0 Å². The van der Waals surface area contributed by atoms with Gasteiger partial charge in [-0.25, -0.2) is 0 Å². The molecule has 0 saturated heterocycles. The normalized spacial score (nSPS) is 13.0. The lowest BCUT2D eigenvalue weighted by Crippen LogP contribution is -2.18. The lowest BCUT2D eigenvalue weighted by atomic mass is 10.2. The zero-order valence-corrected chi connectivity index (χ0v) is 10.2. The zero-order valence-electron chi connectivity index (χ0n) is 10.2. The first kappa shape index (κ1) is 13.7. The molecule has 0 aromatic rings. The molecular formula is C12H24O2. The van der Waals surface area contributed by atoms with Gasteiger partial charge in [0.15, 0.2) is 0 Å². The Morgan fingerprint density at radius 1 is 1.14 bits per heavy atom. The summed E-state index contributed by atoms with van der Waals surface area (Å²) >= 11 is 0. The topological polar surface area (TPSA) is 18.5 Å². The molecule has 0 radical (unpaired) electrons. The average molecular weight is 200 g/mol. The Labute approximate surface area is 88.3 Å². The van der Waals surface area contributed by atoms with Gasteiger partial charge in [0.1, 0.15) is 0 Å². The van der Waals surface area contributed by atoms with E-state index in [2.05, 4.69) is 32.9 Å². The minimum atomic E-state index is -0.0429. The first-order chi connectivity index (χ1) is 6.42. The summed E-state index contributed by atoms with van der Waals surface area (Å²) < 4.78 is 10.9. The molecule has 0 fully saturated rings. The number of hydrogen-bond acceptors (Lipinski definition) is 2. The summed E-state index contributed by atoms with van der Waals surface area (Å²) in [5.74, 6) is 0. The Kier molecular flexibility index (Phi) is 6.85. The van der Waals surface area contributed by atoms with Gasteiger partial charge in [-0.1, -0.05) is 12.2 Å². The molecule has 0 saturated carbocycles. The number of rotatable bonds is 6. The molecular weight excluding hydrogens is 176 g/mol. The monoisotopic (exact) mass is 200 g/mol.